The van der Waals surface area contributed by atoms with Crippen molar-refractivity contribution in [3.8, 4) is 17.3 Å². The summed E-state index contributed by atoms with van der Waals surface area (Å²) in [4.78, 5) is 16.7. The first kappa shape index (κ1) is 23.0. The molecule has 0 aliphatic carbocycles. The number of fused-ring (bicyclic) bond motifs is 3. The van der Waals surface area contributed by atoms with E-state index in [9.17, 15) is 22.0 Å². The van der Waals surface area contributed by atoms with Gasteiger partial charge in [0.1, 0.15) is 35.1 Å². The number of hydrogen-bond donors (Lipinski definition) is 1. The van der Waals surface area contributed by atoms with E-state index in [0.29, 0.717) is 23.8 Å². The number of nitrogens with one attached hydrogen (secondary N) is 1. The van der Waals surface area contributed by atoms with Gasteiger partial charge in [-0.2, -0.15) is 23.3 Å². The molecule has 0 fully saturated rings. The Morgan fingerprint density at radius 3 is 2.66 bits per heavy atom. The van der Waals surface area contributed by atoms with E-state index < -0.39 is 24.2 Å². The summed E-state index contributed by atoms with van der Waals surface area (Å²) in [6.07, 6.45) is -0.780. The minimum Gasteiger partial charge on any atom is -0.347 e. The van der Waals surface area contributed by atoms with Crippen LogP contribution in [0.2, 0.25) is 0 Å². The van der Waals surface area contributed by atoms with E-state index in [1.807, 2.05) is 11.8 Å². The van der Waals surface area contributed by atoms with Crippen molar-refractivity contribution in [1.29, 1.82) is 0 Å². The van der Waals surface area contributed by atoms with Gasteiger partial charge in [-0.25, -0.2) is 18.7 Å². The Morgan fingerprint density at radius 2 is 1.94 bits per heavy atom. The highest BCUT2D eigenvalue weighted by atomic mass is 19.4. The normalized spacial score (nSPS) is 19.3. The lowest BCUT2D eigenvalue weighted by atomic mass is 10.0. The van der Waals surface area contributed by atoms with Gasteiger partial charge in [0, 0.05) is 25.0 Å². The van der Waals surface area contributed by atoms with Crippen LogP contribution in [-0.4, -0.2) is 50.3 Å². The fraction of sp³-hybridized carbons (Fsp3) is 0.364. The maximum absolute atomic E-state index is 14.5. The van der Waals surface area contributed by atoms with Gasteiger partial charge in [-0.3, -0.25) is 14.9 Å². The Kier molecular flexibility index (Phi) is 5.56. The maximum atomic E-state index is 14.5. The highest BCUT2D eigenvalue weighted by Crippen LogP contribution is 2.40. The van der Waals surface area contributed by atoms with Crippen molar-refractivity contribution in [1.82, 2.24) is 24.9 Å². The molecular formula is C22H21F5N8. The van der Waals surface area contributed by atoms with Crippen LogP contribution in [-0.2, 0) is 0 Å². The van der Waals surface area contributed by atoms with Crippen LogP contribution in [0.1, 0.15) is 26.7 Å². The third kappa shape index (κ3) is 4.04. The SMILES string of the molecule is CC[C@@H]1C2NN=C(C)N2c2cnc(-n3ccnc3-c3ccc(F)cc3F)nc2N1CCC(F)(F)F. The molecule has 0 saturated heterocycles. The molecule has 2 aromatic heterocycles. The van der Waals surface area contributed by atoms with Crippen LogP contribution in [0.3, 0.4) is 0 Å². The summed E-state index contributed by atoms with van der Waals surface area (Å²) in [6.45, 7) is 3.37. The fourth-order valence-corrected chi connectivity index (χ4v) is 4.53. The molecule has 8 nitrogen and oxygen atoms in total. The predicted molar refractivity (Wildman–Crippen MR) is 119 cm³/mol. The molecule has 3 aromatic rings. The third-order valence-electron chi connectivity index (χ3n) is 6.10. The van der Waals surface area contributed by atoms with Crippen LogP contribution in [0.4, 0.5) is 33.5 Å². The number of rotatable bonds is 5. The Hall–Kier alpha value is -3.77. The second kappa shape index (κ2) is 8.47. The molecule has 1 unspecified atom stereocenters. The second-order valence-electron chi connectivity index (χ2n) is 8.26. The van der Waals surface area contributed by atoms with Crippen LogP contribution in [0.25, 0.3) is 17.3 Å². The van der Waals surface area contributed by atoms with E-state index in [1.54, 1.807) is 11.8 Å². The van der Waals surface area contributed by atoms with Crippen LogP contribution in [0, 0.1) is 11.6 Å². The first-order valence-corrected chi connectivity index (χ1v) is 11.0. The fourth-order valence-electron chi connectivity index (χ4n) is 4.53. The summed E-state index contributed by atoms with van der Waals surface area (Å²) in [5.41, 5.74) is 3.55. The minimum absolute atomic E-state index is 0.0323. The summed E-state index contributed by atoms with van der Waals surface area (Å²) >= 11 is 0. The number of anilines is 2. The lowest BCUT2D eigenvalue weighted by molar-refractivity contribution is -0.132. The monoisotopic (exact) mass is 492 g/mol. The van der Waals surface area contributed by atoms with Crippen LogP contribution < -0.4 is 15.2 Å². The van der Waals surface area contributed by atoms with Crippen LogP contribution in [0.15, 0.2) is 41.9 Å². The summed E-state index contributed by atoms with van der Waals surface area (Å²) in [7, 11) is 0. The lowest BCUT2D eigenvalue weighted by Gasteiger charge is -2.45. The largest absolute Gasteiger partial charge is 0.390 e. The molecule has 35 heavy (non-hydrogen) atoms. The van der Waals surface area contributed by atoms with Crippen molar-refractivity contribution < 1.29 is 22.0 Å². The van der Waals surface area contributed by atoms with Gasteiger partial charge >= 0.3 is 6.18 Å². The quantitative estimate of drug-likeness (QED) is 0.538. The Bertz CT molecular complexity index is 1290. The Labute approximate surface area is 197 Å². The van der Waals surface area contributed by atoms with Gasteiger partial charge in [0.15, 0.2) is 5.82 Å². The highest BCUT2D eigenvalue weighted by molar-refractivity contribution is 6.01. The molecule has 1 aromatic carbocycles. The molecule has 2 atom stereocenters. The molecule has 1 N–H and O–H groups in total. The zero-order chi connectivity index (χ0) is 24.9. The molecular weight excluding hydrogens is 471 g/mol. The van der Waals surface area contributed by atoms with Gasteiger partial charge in [0.25, 0.3) is 0 Å². The van der Waals surface area contributed by atoms with E-state index in [0.717, 1.165) is 12.1 Å². The van der Waals surface area contributed by atoms with E-state index in [-0.39, 0.29) is 36.1 Å². The molecule has 2 aliphatic rings. The molecule has 2 aliphatic heterocycles. The average Bonchev–Trinajstić information content (AvgIpc) is 3.43. The molecule has 5 rings (SSSR count). The highest BCUT2D eigenvalue weighted by Gasteiger charge is 2.44. The van der Waals surface area contributed by atoms with Gasteiger partial charge < -0.3 is 4.90 Å². The summed E-state index contributed by atoms with van der Waals surface area (Å²) < 4.78 is 68.8. The van der Waals surface area contributed by atoms with Gasteiger partial charge in [0.2, 0.25) is 5.95 Å². The van der Waals surface area contributed by atoms with Gasteiger partial charge in [-0.15, -0.1) is 0 Å². The molecule has 0 radical (unpaired) electrons. The van der Waals surface area contributed by atoms with Crippen LogP contribution >= 0.6 is 0 Å². The number of aromatic nitrogens is 4. The van der Waals surface area contributed by atoms with Crippen molar-refractivity contribution in [2.75, 3.05) is 16.3 Å². The van der Waals surface area contributed by atoms with Crippen molar-refractivity contribution in [3.63, 3.8) is 0 Å². The molecule has 13 heteroatoms. The number of halogens is 5. The number of hydrogen-bond acceptors (Lipinski definition) is 7. The van der Waals surface area contributed by atoms with Gasteiger partial charge in [-0.1, -0.05) is 6.92 Å². The minimum atomic E-state index is -4.35. The zero-order valence-corrected chi connectivity index (χ0v) is 18.8. The molecule has 0 amide bonds. The predicted octanol–water partition coefficient (Wildman–Crippen LogP) is 4.23. The van der Waals surface area contributed by atoms with E-state index in [2.05, 4.69) is 25.5 Å². The molecule has 4 heterocycles. The summed E-state index contributed by atoms with van der Waals surface area (Å²) in [5, 5.41) is 4.26. The number of hydrazone groups is 1. The number of nitrogens with zero attached hydrogens (tertiary/aromatic N) is 7. The summed E-state index contributed by atoms with van der Waals surface area (Å²) in [5.74, 6) is -0.382. The van der Waals surface area contributed by atoms with Gasteiger partial charge in [0.05, 0.1) is 24.2 Å². The zero-order valence-electron chi connectivity index (χ0n) is 18.8. The van der Waals surface area contributed by atoms with Crippen molar-refractivity contribution in [2.24, 2.45) is 5.10 Å². The third-order valence-corrected chi connectivity index (χ3v) is 6.10. The average molecular weight is 492 g/mol. The first-order chi connectivity index (χ1) is 16.7. The van der Waals surface area contributed by atoms with Crippen LogP contribution in [0.5, 0.6) is 0 Å². The number of imidazole rings is 1. The Morgan fingerprint density at radius 1 is 1.14 bits per heavy atom. The van der Waals surface area contributed by atoms with E-state index in [1.165, 1.54) is 29.2 Å². The van der Waals surface area contributed by atoms with Crippen molar-refractivity contribution >= 4 is 17.3 Å². The first-order valence-electron chi connectivity index (χ1n) is 11.0. The lowest BCUT2D eigenvalue weighted by Crippen LogP contribution is -2.59. The van der Waals surface area contributed by atoms with Gasteiger partial charge in [-0.05, 0) is 25.5 Å². The number of amidine groups is 1. The standard InChI is InChI=1S/C22H21F5N8/c1-3-16-20-32-31-12(2)35(20)17-11-29-21(30-19(17)33(16)8-6-22(25,26)27)34-9-7-28-18(34)14-5-4-13(23)10-15(14)24/h4-5,7,9-11,16,20,32H,3,6,8H2,1-2H3/t16-,20?/m1/s1. The smallest absolute Gasteiger partial charge is 0.347 e. The van der Waals surface area contributed by atoms with Crippen molar-refractivity contribution in [3.05, 3.63) is 48.4 Å². The topological polar surface area (TPSA) is 74.5 Å². The van der Waals surface area contributed by atoms with Crippen molar-refractivity contribution in [2.45, 2.75) is 45.1 Å². The molecule has 0 bridgehead atoms. The summed E-state index contributed by atoms with van der Waals surface area (Å²) in [6, 6.07) is 2.75. The second-order valence-corrected chi connectivity index (χ2v) is 8.26. The maximum Gasteiger partial charge on any atom is 0.390 e. The van der Waals surface area contributed by atoms with E-state index in [4.69, 9.17) is 0 Å². The molecule has 0 spiro atoms. The number of alkyl halides is 3. The Balaban J connectivity index is 1.62. The molecule has 0 saturated carbocycles. The molecule has 184 valence electrons. The van der Waals surface area contributed by atoms with E-state index >= 15 is 0 Å². The number of benzene rings is 1.